The van der Waals surface area contributed by atoms with Crippen LogP contribution in [0.1, 0.15) is 19.8 Å². The number of hydrogen-bond donors (Lipinski definition) is 1. The maximum absolute atomic E-state index is 11.2. The standard InChI is InChI=1S/C13H18N2O4/c1-9(11-7-4-8-19-11)14-10-5-3-6-12(18-2)13(10)15(16)17/h3,5-6,9,11,14H,4,7-8H2,1-2H3. The molecule has 0 saturated carbocycles. The van der Waals surface area contributed by atoms with Crippen LogP contribution in [0.25, 0.3) is 0 Å². The lowest BCUT2D eigenvalue weighted by molar-refractivity contribution is -0.384. The molecule has 0 aliphatic carbocycles. The third-order valence-electron chi connectivity index (χ3n) is 3.31. The molecule has 1 aliphatic rings. The third-order valence-corrected chi connectivity index (χ3v) is 3.31. The van der Waals surface area contributed by atoms with E-state index in [0.29, 0.717) is 5.69 Å². The van der Waals surface area contributed by atoms with Crippen LogP contribution < -0.4 is 10.1 Å². The fourth-order valence-corrected chi connectivity index (χ4v) is 2.33. The summed E-state index contributed by atoms with van der Waals surface area (Å²) in [5.74, 6) is 0.259. The smallest absolute Gasteiger partial charge is 0.333 e. The number of rotatable bonds is 5. The molecule has 1 N–H and O–H groups in total. The van der Waals surface area contributed by atoms with Crippen LogP contribution in [0, 0.1) is 10.1 Å². The number of nitrogens with one attached hydrogen (secondary N) is 1. The van der Waals surface area contributed by atoms with E-state index in [1.807, 2.05) is 6.92 Å². The molecule has 1 aliphatic heterocycles. The number of nitrogens with zero attached hydrogens (tertiary/aromatic N) is 1. The number of anilines is 1. The van der Waals surface area contributed by atoms with Crippen LogP contribution in [0.15, 0.2) is 18.2 Å². The summed E-state index contributed by atoms with van der Waals surface area (Å²) in [6, 6.07) is 5.02. The molecule has 0 aromatic heterocycles. The third kappa shape index (κ3) is 2.96. The first-order valence-corrected chi connectivity index (χ1v) is 6.33. The first-order chi connectivity index (χ1) is 9.13. The highest BCUT2D eigenvalue weighted by molar-refractivity contribution is 5.68. The van der Waals surface area contributed by atoms with E-state index in [2.05, 4.69) is 5.32 Å². The highest BCUT2D eigenvalue weighted by atomic mass is 16.6. The zero-order valence-electron chi connectivity index (χ0n) is 11.1. The molecule has 0 amide bonds. The van der Waals surface area contributed by atoms with Gasteiger partial charge in [0, 0.05) is 12.6 Å². The maximum atomic E-state index is 11.2. The van der Waals surface area contributed by atoms with Gasteiger partial charge in [0.05, 0.1) is 18.1 Å². The minimum absolute atomic E-state index is 0.0216. The van der Waals surface area contributed by atoms with E-state index in [9.17, 15) is 10.1 Å². The molecule has 1 saturated heterocycles. The molecule has 1 fully saturated rings. The van der Waals surface area contributed by atoms with Crippen molar-refractivity contribution in [3.05, 3.63) is 28.3 Å². The molecule has 19 heavy (non-hydrogen) atoms. The van der Waals surface area contributed by atoms with E-state index in [4.69, 9.17) is 9.47 Å². The molecular formula is C13H18N2O4. The Bertz CT molecular complexity index is 458. The molecule has 0 radical (unpaired) electrons. The average Bonchev–Trinajstić information content (AvgIpc) is 2.92. The predicted octanol–water partition coefficient (Wildman–Crippen LogP) is 2.58. The summed E-state index contributed by atoms with van der Waals surface area (Å²) in [5, 5.41) is 14.3. The Morgan fingerprint density at radius 1 is 1.58 bits per heavy atom. The van der Waals surface area contributed by atoms with E-state index in [1.54, 1.807) is 18.2 Å². The SMILES string of the molecule is COc1cccc(NC(C)C2CCCO2)c1[N+](=O)[O-]. The quantitative estimate of drug-likeness (QED) is 0.655. The van der Waals surface area contributed by atoms with Crippen molar-refractivity contribution in [2.45, 2.75) is 31.9 Å². The van der Waals surface area contributed by atoms with Gasteiger partial charge < -0.3 is 14.8 Å². The van der Waals surface area contributed by atoms with Crippen molar-refractivity contribution in [2.75, 3.05) is 19.0 Å². The largest absolute Gasteiger partial charge is 0.490 e. The van der Waals surface area contributed by atoms with Gasteiger partial charge in [-0.25, -0.2) is 0 Å². The highest BCUT2D eigenvalue weighted by Gasteiger charge is 2.26. The van der Waals surface area contributed by atoms with Crippen LogP contribution in [0.2, 0.25) is 0 Å². The normalized spacial score (nSPS) is 20.0. The highest BCUT2D eigenvalue weighted by Crippen LogP contribution is 2.35. The van der Waals surface area contributed by atoms with E-state index >= 15 is 0 Å². The molecule has 0 bridgehead atoms. The first kappa shape index (κ1) is 13.6. The molecular weight excluding hydrogens is 248 g/mol. The van der Waals surface area contributed by atoms with Crippen molar-refractivity contribution < 1.29 is 14.4 Å². The van der Waals surface area contributed by atoms with Crippen LogP contribution in [-0.2, 0) is 4.74 Å². The first-order valence-electron chi connectivity index (χ1n) is 6.33. The Morgan fingerprint density at radius 2 is 2.37 bits per heavy atom. The summed E-state index contributed by atoms with van der Waals surface area (Å²) >= 11 is 0. The molecule has 1 heterocycles. The second kappa shape index (κ2) is 5.88. The number of methoxy groups -OCH3 is 1. The van der Waals surface area contributed by atoms with Crippen LogP contribution in [0.5, 0.6) is 5.75 Å². The lowest BCUT2D eigenvalue weighted by Gasteiger charge is -2.21. The number of nitro groups is 1. The summed E-state index contributed by atoms with van der Waals surface area (Å²) in [5.41, 5.74) is 0.433. The van der Waals surface area contributed by atoms with Gasteiger partial charge in [-0.15, -0.1) is 0 Å². The molecule has 104 valence electrons. The van der Waals surface area contributed by atoms with Crippen molar-refractivity contribution in [3.8, 4) is 5.75 Å². The summed E-state index contributed by atoms with van der Waals surface area (Å²) < 4.78 is 10.6. The van der Waals surface area contributed by atoms with Crippen LogP contribution in [0.3, 0.4) is 0 Å². The average molecular weight is 266 g/mol. The van der Waals surface area contributed by atoms with Gasteiger partial charge in [-0.3, -0.25) is 10.1 Å². The summed E-state index contributed by atoms with van der Waals surface area (Å²) in [7, 11) is 1.43. The van der Waals surface area contributed by atoms with Crippen LogP contribution >= 0.6 is 0 Å². The van der Waals surface area contributed by atoms with Crippen LogP contribution in [0.4, 0.5) is 11.4 Å². The fraction of sp³-hybridized carbons (Fsp3) is 0.538. The van der Waals surface area contributed by atoms with E-state index in [-0.39, 0.29) is 23.6 Å². The molecule has 2 atom stereocenters. The molecule has 0 spiro atoms. The molecule has 6 nitrogen and oxygen atoms in total. The minimum Gasteiger partial charge on any atom is -0.490 e. The van der Waals surface area contributed by atoms with Gasteiger partial charge in [0.1, 0.15) is 5.69 Å². The number of para-hydroxylation sites is 1. The molecule has 2 rings (SSSR count). The number of nitro benzene ring substituents is 1. The maximum Gasteiger partial charge on any atom is 0.333 e. The van der Waals surface area contributed by atoms with E-state index in [0.717, 1.165) is 19.4 Å². The predicted molar refractivity (Wildman–Crippen MR) is 71.7 cm³/mol. The van der Waals surface area contributed by atoms with Gasteiger partial charge in [-0.05, 0) is 31.9 Å². The van der Waals surface area contributed by atoms with Gasteiger partial charge in [0.25, 0.3) is 0 Å². The summed E-state index contributed by atoms with van der Waals surface area (Å²) in [4.78, 5) is 10.7. The summed E-state index contributed by atoms with van der Waals surface area (Å²) in [6.07, 6.45) is 2.12. The molecule has 2 unspecified atom stereocenters. The van der Waals surface area contributed by atoms with Crippen molar-refractivity contribution >= 4 is 11.4 Å². The van der Waals surface area contributed by atoms with Crippen molar-refractivity contribution in [3.63, 3.8) is 0 Å². The lowest BCUT2D eigenvalue weighted by atomic mass is 10.1. The second-order valence-electron chi connectivity index (χ2n) is 4.60. The Morgan fingerprint density at radius 3 is 2.95 bits per heavy atom. The van der Waals surface area contributed by atoms with Gasteiger partial charge in [0.15, 0.2) is 5.75 Å². The van der Waals surface area contributed by atoms with Gasteiger partial charge in [-0.1, -0.05) is 6.07 Å². The fourth-order valence-electron chi connectivity index (χ4n) is 2.33. The van der Waals surface area contributed by atoms with Gasteiger partial charge in [0.2, 0.25) is 0 Å². The molecule has 1 aromatic carbocycles. The number of hydrogen-bond acceptors (Lipinski definition) is 5. The Labute approximate surface area is 111 Å². The number of benzene rings is 1. The van der Waals surface area contributed by atoms with Crippen LogP contribution in [-0.4, -0.2) is 30.8 Å². The number of ether oxygens (including phenoxy) is 2. The summed E-state index contributed by atoms with van der Waals surface area (Å²) in [6.45, 7) is 2.73. The van der Waals surface area contributed by atoms with E-state index < -0.39 is 4.92 Å². The monoisotopic (exact) mass is 266 g/mol. The van der Waals surface area contributed by atoms with Gasteiger partial charge >= 0.3 is 5.69 Å². The topological polar surface area (TPSA) is 73.6 Å². The Balaban J connectivity index is 2.21. The molecule has 6 heteroatoms. The zero-order chi connectivity index (χ0) is 13.8. The van der Waals surface area contributed by atoms with Crippen molar-refractivity contribution in [2.24, 2.45) is 0 Å². The zero-order valence-corrected chi connectivity index (χ0v) is 11.1. The van der Waals surface area contributed by atoms with E-state index in [1.165, 1.54) is 7.11 Å². The lowest BCUT2D eigenvalue weighted by Crippen LogP contribution is -2.30. The molecule has 1 aromatic rings. The van der Waals surface area contributed by atoms with Gasteiger partial charge in [-0.2, -0.15) is 0 Å². The van der Waals surface area contributed by atoms with Crippen molar-refractivity contribution in [1.82, 2.24) is 0 Å². The Kier molecular flexibility index (Phi) is 4.21. The minimum atomic E-state index is -0.427. The van der Waals surface area contributed by atoms with Crippen molar-refractivity contribution in [1.29, 1.82) is 0 Å². The Hall–Kier alpha value is -1.82. The second-order valence-corrected chi connectivity index (χ2v) is 4.60.